The molecule has 1 aromatic rings. The van der Waals surface area contributed by atoms with Crippen LogP contribution < -0.4 is 0 Å². The number of benzene rings is 1. The van der Waals surface area contributed by atoms with E-state index in [0.29, 0.717) is 19.7 Å². The molecule has 0 fully saturated rings. The Morgan fingerprint density at radius 3 is 2.83 bits per heavy atom. The third-order valence-corrected chi connectivity index (χ3v) is 2.62. The summed E-state index contributed by atoms with van der Waals surface area (Å²) in [5.41, 5.74) is 0.897. The molecule has 0 saturated carbocycles. The van der Waals surface area contributed by atoms with Crippen LogP contribution in [0.2, 0.25) is 0 Å². The Kier molecular flexibility index (Phi) is 5.78. The van der Waals surface area contributed by atoms with Crippen LogP contribution in [-0.4, -0.2) is 31.1 Å². The molecule has 3 nitrogen and oxygen atoms in total. The Hall–Kier alpha value is -1.42. The molecule has 0 aromatic heterocycles. The second-order valence-electron chi connectivity index (χ2n) is 4.48. The van der Waals surface area contributed by atoms with Gasteiger partial charge in [0.05, 0.1) is 12.5 Å². The molecule has 0 radical (unpaired) electrons. The monoisotopic (exact) mass is 253 g/mol. The van der Waals surface area contributed by atoms with Gasteiger partial charge >= 0.3 is 5.97 Å². The Morgan fingerprint density at radius 1 is 1.50 bits per heavy atom. The summed E-state index contributed by atoms with van der Waals surface area (Å²) in [7, 11) is 1.90. The molecule has 0 saturated heterocycles. The predicted molar refractivity (Wildman–Crippen MR) is 68.5 cm³/mol. The highest BCUT2D eigenvalue weighted by Gasteiger charge is 2.16. The molecule has 4 heteroatoms. The Bertz CT molecular complexity index is 395. The Labute approximate surface area is 108 Å². The molecule has 100 valence electrons. The summed E-state index contributed by atoms with van der Waals surface area (Å²) in [6.07, 6.45) is 0. The summed E-state index contributed by atoms with van der Waals surface area (Å²) < 4.78 is 18.0. The second-order valence-corrected chi connectivity index (χ2v) is 4.48. The van der Waals surface area contributed by atoms with Crippen molar-refractivity contribution in [3.8, 4) is 0 Å². The average Bonchev–Trinajstić information content (AvgIpc) is 2.28. The fourth-order valence-corrected chi connectivity index (χ4v) is 1.84. The summed E-state index contributed by atoms with van der Waals surface area (Å²) in [6.45, 7) is 5.23. The van der Waals surface area contributed by atoms with E-state index in [0.717, 1.165) is 5.56 Å². The van der Waals surface area contributed by atoms with Gasteiger partial charge in [0.25, 0.3) is 0 Å². The minimum Gasteiger partial charge on any atom is -0.466 e. The largest absolute Gasteiger partial charge is 0.466 e. The van der Waals surface area contributed by atoms with Crippen LogP contribution in [0.5, 0.6) is 0 Å². The van der Waals surface area contributed by atoms with Crippen molar-refractivity contribution in [2.45, 2.75) is 20.4 Å². The average molecular weight is 253 g/mol. The predicted octanol–water partition coefficient (Wildman–Crippen LogP) is 2.46. The van der Waals surface area contributed by atoms with Crippen LogP contribution in [0.25, 0.3) is 0 Å². The summed E-state index contributed by atoms with van der Waals surface area (Å²) in [4.78, 5) is 13.5. The number of rotatable bonds is 6. The lowest BCUT2D eigenvalue weighted by molar-refractivity contribution is -0.147. The van der Waals surface area contributed by atoms with Crippen molar-refractivity contribution in [3.05, 3.63) is 35.6 Å². The molecule has 0 bridgehead atoms. The lowest BCUT2D eigenvalue weighted by atomic mass is 10.1. The molecule has 1 atom stereocenters. The van der Waals surface area contributed by atoms with Crippen molar-refractivity contribution < 1.29 is 13.9 Å². The van der Waals surface area contributed by atoms with Gasteiger partial charge in [-0.15, -0.1) is 0 Å². The van der Waals surface area contributed by atoms with Crippen molar-refractivity contribution in [3.63, 3.8) is 0 Å². The van der Waals surface area contributed by atoms with Crippen LogP contribution in [-0.2, 0) is 16.1 Å². The molecule has 0 aliphatic heterocycles. The van der Waals surface area contributed by atoms with E-state index < -0.39 is 0 Å². The van der Waals surface area contributed by atoms with Crippen LogP contribution in [0.4, 0.5) is 4.39 Å². The van der Waals surface area contributed by atoms with Crippen LogP contribution >= 0.6 is 0 Å². The molecule has 0 aliphatic rings. The quantitative estimate of drug-likeness (QED) is 0.729. The molecule has 0 aliphatic carbocycles. The molecular formula is C14H20FNO2. The third-order valence-electron chi connectivity index (χ3n) is 2.62. The van der Waals surface area contributed by atoms with E-state index in [2.05, 4.69) is 0 Å². The van der Waals surface area contributed by atoms with E-state index in [1.54, 1.807) is 13.0 Å². The standard InChI is InChI=1S/C14H20FNO2/c1-4-18-14(17)11(2)9-16(3)10-12-6-5-7-13(15)8-12/h5-8,11H,4,9-10H2,1-3H3. The number of nitrogens with zero attached hydrogens (tertiary/aromatic N) is 1. The number of esters is 1. The van der Waals surface area contributed by atoms with Gasteiger partial charge in [0.1, 0.15) is 5.82 Å². The summed E-state index contributed by atoms with van der Waals surface area (Å²) >= 11 is 0. The van der Waals surface area contributed by atoms with Gasteiger partial charge in [-0.2, -0.15) is 0 Å². The van der Waals surface area contributed by atoms with Gasteiger partial charge in [-0.3, -0.25) is 4.79 Å². The van der Waals surface area contributed by atoms with Crippen LogP contribution in [0.3, 0.4) is 0 Å². The number of hydrogen-bond acceptors (Lipinski definition) is 3. The number of hydrogen-bond donors (Lipinski definition) is 0. The van der Waals surface area contributed by atoms with Gasteiger partial charge in [0.2, 0.25) is 0 Å². The van der Waals surface area contributed by atoms with E-state index >= 15 is 0 Å². The number of halogens is 1. The van der Waals surface area contributed by atoms with E-state index in [1.165, 1.54) is 12.1 Å². The number of carbonyl (C=O) groups excluding carboxylic acids is 1. The minimum absolute atomic E-state index is 0.177. The maximum atomic E-state index is 13.0. The summed E-state index contributed by atoms with van der Waals surface area (Å²) in [5, 5.41) is 0. The highest BCUT2D eigenvalue weighted by Crippen LogP contribution is 2.08. The van der Waals surface area contributed by atoms with Crippen molar-refractivity contribution in [2.75, 3.05) is 20.2 Å². The maximum Gasteiger partial charge on any atom is 0.309 e. The summed E-state index contributed by atoms with van der Waals surface area (Å²) in [6, 6.07) is 6.48. The topological polar surface area (TPSA) is 29.5 Å². The molecular weight excluding hydrogens is 233 g/mol. The van der Waals surface area contributed by atoms with Gasteiger partial charge in [-0.05, 0) is 31.7 Å². The zero-order valence-corrected chi connectivity index (χ0v) is 11.1. The molecule has 1 aromatic carbocycles. The first kappa shape index (κ1) is 14.6. The summed E-state index contributed by atoms with van der Waals surface area (Å²) in [5.74, 6) is -0.605. The minimum atomic E-state index is -0.237. The first-order valence-electron chi connectivity index (χ1n) is 6.12. The van der Waals surface area contributed by atoms with Crippen molar-refractivity contribution >= 4 is 5.97 Å². The highest BCUT2D eigenvalue weighted by atomic mass is 19.1. The maximum absolute atomic E-state index is 13.0. The number of ether oxygens (including phenoxy) is 1. The van der Waals surface area contributed by atoms with Crippen LogP contribution in [0, 0.1) is 11.7 Å². The smallest absolute Gasteiger partial charge is 0.309 e. The van der Waals surface area contributed by atoms with Gasteiger partial charge in [0.15, 0.2) is 0 Å². The normalized spacial score (nSPS) is 12.5. The molecule has 18 heavy (non-hydrogen) atoms. The third kappa shape index (κ3) is 4.84. The van der Waals surface area contributed by atoms with Crippen LogP contribution in [0.15, 0.2) is 24.3 Å². The van der Waals surface area contributed by atoms with Crippen molar-refractivity contribution in [1.29, 1.82) is 0 Å². The second kappa shape index (κ2) is 7.11. The Morgan fingerprint density at radius 2 is 2.22 bits per heavy atom. The Balaban J connectivity index is 2.46. The molecule has 1 unspecified atom stereocenters. The number of carbonyl (C=O) groups is 1. The van der Waals surface area contributed by atoms with Crippen molar-refractivity contribution in [2.24, 2.45) is 5.92 Å². The lowest BCUT2D eigenvalue weighted by Gasteiger charge is -2.20. The van der Waals surface area contributed by atoms with Crippen LogP contribution in [0.1, 0.15) is 19.4 Å². The zero-order chi connectivity index (χ0) is 13.5. The van der Waals surface area contributed by atoms with Gasteiger partial charge in [-0.1, -0.05) is 19.1 Å². The first-order chi connectivity index (χ1) is 8.52. The SMILES string of the molecule is CCOC(=O)C(C)CN(C)Cc1cccc(F)c1. The van der Waals surface area contributed by atoms with E-state index in [1.807, 2.05) is 24.9 Å². The molecule has 0 spiro atoms. The molecule has 0 N–H and O–H groups in total. The van der Waals surface area contributed by atoms with E-state index in [-0.39, 0.29) is 17.7 Å². The molecule has 0 amide bonds. The zero-order valence-electron chi connectivity index (χ0n) is 11.1. The van der Waals surface area contributed by atoms with E-state index in [4.69, 9.17) is 4.74 Å². The molecule has 0 heterocycles. The van der Waals surface area contributed by atoms with Gasteiger partial charge < -0.3 is 9.64 Å². The fourth-order valence-electron chi connectivity index (χ4n) is 1.84. The van der Waals surface area contributed by atoms with Gasteiger partial charge in [-0.25, -0.2) is 4.39 Å². The highest BCUT2D eigenvalue weighted by molar-refractivity contribution is 5.72. The van der Waals surface area contributed by atoms with E-state index in [9.17, 15) is 9.18 Å². The van der Waals surface area contributed by atoms with Gasteiger partial charge in [0, 0.05) is 13.1 Å². The molecule has 1 rings (SSSR count). The first-order valence-corrected chi connectivity index (χ1v) is 6.12. The van der Waals surface area contributed by atoms with Crippen molar-refractivity contribution in [1.82, 2.24) is 4.90 Å². The fraction of sp³-hybridized carbons (Fsp3) is 0.500. The lowest BCUT2D eigenvalue weighted by Crippen LogP contribution is -2.29.